The predicted molar refractivity (Wildman–Crippen MR) is 83.6 cm³/mol. The summed E-state index contributed by atoms with van der Waals surface area (Å²) in [7, 11) is -3.55. The van der Waals surface area contributed by atoms with E-state index in [1.807, 2.05) is 32.0 Å². The second-order valence-corrected chi connectivity index (χ2v) is 7.10. The number of hydrogen-bond donors (Lipinski definition) is 1. The van der Waals surface area contributed by atoms with Crippen LogP contribution in [0.3, 0.4) is 0 Å². The Morgan fingerprint density at radius 2 is 1.85 bits per heavy atom. The van der Waals surface area contributed by atoms with Crippen molar-refractivity contribution in [3.8, 4) is 0 Å². The van der Waals surface area contributed by atoms with Crippen LogP contribution < -0.4 is 4.72 Å². The molecule has 1 N–H and O–H groups in total. The Balaban J connectivity index is 2.47. The lowest BCUT2D eigenvalue weighted by atomic mass is 10.1. The minimum Gasteiger partial charge on any atom is -0.211 e. The molecule has 0 aliphatic rings. The first-order chi connectivity index (χ1) is 9.45. The standard InChI is InChI=1S/C15H18ClNO2S/c1-3-11(2)10-17-20(18,19)14-9-5-7-12-6-4-8-13(16)15(12)14/h4-9,11,17H,3,10H2,1-2H3. The molecule has 0 heterocycles. The zero-order valence-corrected chi connectivity index (χ0v) is 13.1. The van der Waals surface area contributed by atoms with Gasteiger partial charge in [-0.3, -0.25) is 0 Å². The van der Waals surface area contributed by atoms with Crippen molar-refractivity contribution in [3.05, 3.63) is 41.4 Å². The van der Waals surface area contributed by atoms with Crippen molar-refractivity contribution in [1.82, 2.24) is 4.72 Å². The highest BCUT2D eigenvalue weighted by Gasteiger charge is 2.19. The summed E-state index contributed by atoms with van der Waals surface area (Å²) in [5.41, 5.74) is 0. The van der Waals surface area contributed by atoms with Gasteiger partial charge in [-0.15, -0.1) is 0 Å². The van der Waals surface area contributed by atoms with E-state index in [2.05, 4.69) is 4.72 Å². The largest absolute Gasteiger partial charge is 0.241 e. The van der Waals surface area contributed by atoms with Crippen LogP contribution in [0.5, 0.6) is 0 Å². The van der Waals surface area contributed by atoms with E-state index < -0.39 is 10.0 Å². The quantitative estimate of drug-likeness (QED) is 0.912. The van der Waals surface area contributed by atoms with Crippen LogP contribution >= 0.6 is 11.6 Å². The Labute approximate surface area is 125 Å². The summed E-state index contributed by atoms with van der Waals surface area (Å²) in [5.74, 6) is 0.301. The maximum absolute atomic E-state index is 12.4. The third-order valence-electron chi connectivity index (χ3n) is 3.42. The summed E-state index contributed by atoms with van der Waals surface area (Å²) < 4.78 is 27.6. The number of benzene rings is 2. The molecule has 0 aliphatic carbocycles. The molecule has 0 bridgehead atoms. The first kappa shape index (κ1) is 15.3. The van der Waals surface area contributed by atoms with Crippen LogP contribution in [0.15, 0.2) is 41.3 Å². The summed E-state index contributed by atoms with van der Waals surface area (Å²) in [5, 5.41) is 1.85. The van der Waals surface area contributed by atoms with E-state index >= 15 is 0 Å². The predicted octanol–water partition coefficient (Wildman–Crippen LogP) is 3.82. The van der Waals surface area contributed by atoms with Crippen molar-refractivity contribution in [3.63, 3.8) is 0 Å². The lowest BCUT2D eigenvalue weighted by Gasteiger charge is -2.13. The molecular formula is C15H18ClNO2S. The molecule has 1 atom stereocenters. The minimum absolute atomic E-state index is 0.240. The summed E-state index contributed by atoms with van der Waals surface area (Å²) in [6.45, 7) is 4.48. The third-order valence-corrected chi connectivity index (χ3v) is 5.20. The van der Waals surface area contributed by atoms with Gasteiger partial charge >= 0.3 is 0 Å². The van der Waals surface area contributed by atoms with E-state index in [0.29, 0.717) is 22.9 Å². The summed E-state index contributed by atoms with van der Waals surface area (Å²) in [6.07, 6.45) is 0.929. The second-order valence-electron chi connectivity index (χ2n) is 4.96. The number of fused-ring (bicyclic) bond motifs is 1. The van der Waals surface area contributed by atoms with Crippen molar-refractivity contribution in [2.24, 2.45) is 5.92 Å². The monoisotopic (exact) mass is 311 g/mol. The average Bonchev–Trinajstić information content (AvgIpc) is 2.44. The van der Waals surface area contributed by atoms with Gasteiger partial charge in [0.2, 0.25) is 10.0 Å². The Morgan fingerprint density at radius 3 is 2.50 bits per heavy atom. The first-order valence-corrected chi connectivity index (χ1v) is 8.48. The lowest BCUT2D eigenvalue weighted by Crippen LogP contribution is -2.28. The van der Waals surface area contributed by atoms with Crippen LogP contribution in [-0.4, -0.2) is 15.0 Å². The highest BCUT2D eigenvalue weighted by atomic mass is 35.5. The van der Waals surface area contributed by atoms with Gasteiger partial charge in [-0.2, -0.15) is 0 Å². The van der Waals surface area contributed by atoms with Crippen LogP contribution in [0.25, 0.3) is 10.8 Å². The molecule has 0 spiro atoms. The van der Waals surface area contributed by atoms with Crippen LogP contribution in [0.4, 0.5) is 0 Å². The number of nitrogens with one attached hydrogen (secondary N) is 1. The van der Waals surface area contributed by atoms with Gasteiger partial charge in [-0.05, 0) is 23.4 Å². The van der Waals surface area contributed by atoms with Crippen molar-refractivity contribution >= 4 is 32.4 Å². The molecule has 1 unspecified atom stereocenters. The van der Waals surface area contributed by atoms with Gasteiger partial charge in [0.25, 0.3) is 0 Å². The van der Waals surface area contributed by atoms with E-state index in [9.17, 15) is 8.42 Å². The van der Waals surface area contributed by atoms with Crippen molar-refractivity contribution in [2.75, 3.05) is 6.54 Å². The lowest BCUT2D eigenvalue weighted by molar-refractivity contribution is 0.529. The van der Waals surface area contributed by atoms with Gasteiger partial charge in [-0.1, -0.05) is 56.1 Å². The summed E-state index contributed by atoms with van der Waals surface area (Å²) in [4.78, 5) is 0.240. The smallest absolute Gasteiger partial charge is 0.211 e. The van der Waals surface area contributed by atoms with Gasteiger partial charge in [0, 0.05) is 17.0 Å². The van der Waals surface area contributed by atoms with Gasteiger partial charge in [0.05, 0.1) is 4.90 Å². The van der Waals surface area contributed by atoms with E-state index in [1.54, 1.807) is 18.2 Å². The van der Waals surface area contributed by atoms with Gasteiger partial charge in [-0.25, -0.2) is 13.1 Å². The molecular weight excluding hydrogens is 294 g/mol. The Kier molecular flexibility index (Phi) is 4.68. The SMILES string of the molecule is CCC(C)CNS(=O)(=O)c1cccc2cccc(Cl)c12. The fraction of sp³-hybridized carbons (Fsp3) is 0.333. The Morgan fingerprint density at radius 1 is 1.20 bits per heavy atom. The van der Waals surface area contributed by atoms with Gasteiger partial charge in [0.1, 0.15) is 0 Å². The Hall–Kier alpha value is -1.10. The molecule has 2 aromatic rings. The van der Waals surface area contributed by atoms with Gasteiger partial charge in [0.15, 0.2) is 0 Å². The van der Waals surface area contributed by atoms with Crippen LogP contribution in [-0.2, 0) is 10.0 Å². The van der Waals surface area contributed by atoms with Crippen molar-refractivity contribution < 1.29 is 8.42 Å². The van der Waals surface area contributed by atoms with E-state index in [0.717, 1.165) is 11.8 Å². The van der Waals surface area contributed by atoms with E-state index in [-0.39, 0.29) is 4.90 Å². The van der Waals surface area contributed by atoms with Crippen LogP contribution in [0.2, 0.25) is 5.02 Å². The van der Waals surface area contributed by atoms with Crippen LogP contribution in [0.1, 0.15) is 20.3 Å². The number of halogens is 1. The van der Waals surface area contributed by atoms with E-state index in [4.69, 9.17) is 11.6 Å². The zero-order valence-electron chi connectivity index (χ0n) is 11.6. The molecule has 0 radical (unpaired) electrons. The number of sulfonamides is 1. The first-order valence-electron chi connectivity index (χ1n) is 6.62. The molecule has 0 amide bonds. The van der Waals surface area contributed by atoms with E-state index in [1.165, 1.54) is 0 Å². The molecule has 5 heteroatoms. The van der Waals surface area contributed by atoms with Gasteiger partial charge < -0.3 is 0 Å². The summed E-state index contributed by atoms with van der Waals surface area (Å²) >= 11 is 6.17. The minimum atomic E-state index is -3.55. The molecule has 0 saturated carbocycles. The molecule has 20 heavy (non-hydrogen) atoms. The molecule has 0 fully saturated rings. The Bertz CT molecular complexity index is 708. The maximum atomic E-state index is 12.4. The average molecular weight is 312 g/mol. The second kappa shape index (κ2) is 6.12. The topological polar surface area (TPSA) is 46.2 Å². The highest BCUT2D eigenvalue weighted by molar-refractivity contribution is 7.89. The molecule has 108 valence electrons. The molecule has 2 aromatic carbocycles. The molecule has 2 rings (SSSR count). The highest BCUT2D eigenvalue weighted by Crippen LogP contribution is 2.29. The van der Waals surface area contributed by atoms with Crippen molar-refractivity contribution in [2.45, 2.75) is 25.2 Å². The fourth-order valence-electron chi connectivity index (χ4n) is 1.96. The number of rotatable bonds is 5. The molecule has 0 saturated heterocycles. The molecule has 3 nitrogen and oxygen atoms in total. The maximum Gasteiger partial charge on any atom is 0.241 e. The third kappa shape index (κ3) is 3.14. The normalized spacial score (nSPS) is 13.6. The fourth-order valence-corrected chi connectivity index (χ4v) is 3.71. The zero-order chi connectivity index (χ0) is 14.8. The van der Waals surface area contributed by atoms with Crippen molar-refractivity contribution in [1.29, 1.82) is 0 Å². The molecule has 0 aliphatic heterocycles. The molecule has 0 aromatic heterocycles. The van der Waals surface area contributed by atoms with Crippen LogP contribution in [0, 0.1) is 5.92 Å². The summed E-state index contributed by atoms with van der Waals surface area (Å²) in [6, 6.07) is 10.6. The number of hydrogen-bond acceptors (Lipinski definition) is 2.